The smallest absolute Gasteiger partial charge is 0.126 e. The lowest BCUT2D eigenvalue weighted by atomic mass is 9.97. The minimum Gasteiger partial charge on any atom is -0.493 e. The number of benzene rings is 1. The highest BCUT2D eigenvalue weighted by Crippen LogP contribution is 2.35. The van der Waals surface area contributed by atoms with Crippen LogP contribution in [0.1, 0.15) is 28.4 Å². The van der Waals surface area contributed by atoms with Crippen molar-refractivity contribution in [1.82, 2.24) is 4.98 Å². The molecule has 20 heavy (non-hydrogen) atoms. The van der Waals surface area contributed by atoms with E-state index in [2.05, 4.69) is 4.98 Å². The maximum atomic E-state index is 10.4. The second-order valence-corrected chi connectivity index (χ2v) is 5.54. The third-order valence-corrected chi connectivity index (χ3v) is 3.90. The van der Waals surface area contributed by atoms with Crippen LogP contribution in [-0.2, 0) is 12.8 Å². The Bertz CT molecular complexity index is 642. The maximum Gasteiger partial charge on any atom is 0.126 e. The van der Waals surface area contributed by atoms with Crippen LogP contribution in [0.3, 0.4) is 0 Å². The van der Waals surface area contributed by atoms with Crippen LogP contribution in [-0.4, -0.2) is 16.7 Å². The van der Waals surface area contributed by atoms with Gasteiger partial charge in [-0.3, -0.25) is 4.98 Å². The number of aliphatic hydroxyl groups is 1. The van der Waals surface area contributed by atoms with E-state index in [0.29, 0.717) is 18.1 Å². The van der Waals surface area contributed by atoms with E-state index in [1.807, 2.05) is 25.1 Å². The van der Waals surface area contributed by atoms with Gasteiger partial charge in [-0.05, 0) is 41.8 Å². The summed E-state index contributed by atoms with van der Waals surface area (Å²) >= 11 is 6.14. The second-order valence-electron chi connectivity index (χ2n) is 5.10. The molecule has 104 valence electrons. The van der Waals surface area contributed by atoms with Gasteiger partial charge in [-0.2, -0.15) is 0 Å². The molecule has 0 saturated heterocycles. The van der Waals surface area contributed by atoms with Crippen LogP contribution < -0.4 is 4.74 Å². The van der Waals surface area contributed by atoms with Crippen LogP contribution in [0, 0.1) is 6.92 Å². The van der Waals surface area contributed by atoms with Crippen molar-refractivity contribution in [2.24, 2.45) is 0 Å². The molecule has 0 saturated carbocycles. The number of nitrogens with zero attached hydrogens (tertiary/aromatic N) is 1. The minimum absolute atomic E-state index is 0.482. The van der Waals surface area contributed by atoms with E-state index in [0.717, 1.165) is 34.4 Å². The first kappa shape index (κ1) is 13.4. The summed E-state index contributed by atoms with van der Waals surface area (Å²) in [6.45, 7) is 2.66. The first-order valence-electron chi connectivity index (χ1n) is 6.68. The quantitative estimate of drug-likeness (QED) is 0.943. The topological polar surface area (TPSA) is 42.4 Å². The van der Waals surface area contributed by atoms with Crippen molar-refractivity contribution in [3.8, 4) is 5.75 Å². The molecule has 1 unspecified atom stereocenters. The van der Waals surface area contributed by atoms with E-state index in [1.165, 1.54) is 0 Å². The number of pyridine rings is 1. The highest BCUT2D eigenvalue weighted by molar-refractivity contribution is 6.30. The molecule has 2 heterocycles. The molecule has 0 radical (unpaired) electrons. The highest BCUT2D eigenvalue weighted by atomic mass is 35.5. The number of fused-ring (bicyclic) bond motifs is 1. The standard InChI is InChI=1S/C16H16ClNO2/c1-10-2-4-18-9-14(10)15(19)8-12-7-13(17)6-11-3-5-20-16(11)12/h2,4,6-7,9,15,19H,3,5,8H2,1H3. The largest absolute Gasteiger partial charge is 0.493 e. The number of hydrogen-bond acceptors (Lipinski definition) is 3. The van der Waals surface area contributed by atoms with E-state index >= 15 is 0 Å². The zero-order valence-corrected chi connectivity index (χ0v) is 12.0. The van der Waals surface area contributed by atoms with Gasteiger partial charge in [0.1, 0.15) is 5.75 Å². The van der Waals surface area contributed by atoms with Crippen molar-refractivity contribution < 1.29 is 9.84 Å². The Kier molecular flexibility index (Phi) is 3.64. The van der Waals surface area contributed by atoms with Crippen molar-refractivity contribution in [1.29, 1.82) is 0 Å². The lowest BCUT2D eigenvalue weighted by Gasteiger charge is -2.15. The fourth-order valence-corrected chi connectivity index (χ4v) is 2.90. The number of halogens is 1. The fourth-order valence-electron chi connectivity index (χ4n) is 2.64. The summed E-state index contributed by atoms with van der Waals surface area (Å²) in [5.41, 5.74) is 3.97. The van der Waals surface area contributed by atoms with Crippen LogP contribution in [0.25, 0.3) is 0 Å². The van der Waals surface area contributed by atoms with E-state index in [4.69, 9.17) is 16.3 Å². The Morgan fingerprint density at radius 2 is 2.30 bits per heavy atom. The van der Waals surface area contributed by atoms with Gasteiger partial charge in [0.05, 0.1) is 12.7 Å². The summed E-state index contributed by atoms with van der Waals surface area (Å²) in [6.07, 6.45) is 4.20. The maximum absolute atomic E-state index is 10.4. The predicted molar refractivity (Wildman–Crippen MR) is 78.3 cm³/mol. The number of aryl methyl sites for hydroxylation is 1. The van der Waals surface area contributed by atoms with E-state index < -0.39 is 6.10 Å². The zero-order valence-electron chi connectivity index (χ0n) is 11.3. The minimum atomic E-state index is -0.601. The average Bonchev–Trinajstić information content (AvgIpc) is 2.87. The molecule has 1 aliphatic rings. The van der Waals surface area contributed by atoms with E-state index in [9.17, 15) is 5.11 Å². The van der Waals surface area contributed by atoms with Crippen molar-refractivity contribution in [2.45, 2.75) is 25.9 Å². The average molecular weight is 290 g/mol. The summed E-state index contributed by atoms with van der Waals surface area (Å²) in [4.78, 5) is 4.08. The molecule has 0 fully saturated rings. The summed E-state index contributed by atoms with van der Waals surface area (Å²) in [5.74, 6) is 0.884. The molecular formula is C16H16ClNO2. The molecule has 0 aliphatic carbocycles. The van der Waals surface area contributed by atoms with Gasteiger partial charge in [0.2, 0.25) is 0 Å². The molecular weight excluding hydrogens is 274 g/mol. The van der Waals surface area contributed by atoms with Crippen molar-refractivity contribution >= 4 is 11.6 Å². The molecule has 0 spiro atoms. The monoisotopic (exact) mass is 289 g/mol. The molecule has 4 heteroatoms. The van der Waals surface area contributed by atoms with Crippen molar-refractivity contribution in [2.75, 3.05) is 6.61 Å². The van der Waals surface area contributed by atoms with Crippen molar-refractivity contribution in [3.63, 3.8) is 0 Å². The first-order chi connectivity index (χ1) is 9.65. The van der Waals surface area contributed by atoms with Crippen LogP contribution in [0.5, 0.6) is 5.75 Å². The molecule has 3 rings (SSSR count). The second kappa shape index (κ2) is 5.43. The number of rotatable bonds is 3. The molecule has 1 aliphatic heterocycles. The van der Waals surface area contributed by atoms with Crippen LogP contribution >= 0.6 is 11.6 Å². The van der Waals surface area contributed by atoms with Crippen LogP contribution in [0.4, 0.5) is 0 Å². The Hall–Kier alpha value is -1.58. The Morgan fingerprint density at radius 1 is 1.45 bits per heavy atom. The fraction of sp³-hybridized carbons (Fsp3) is 0.312. The SMILES string of the molecule is Cc1ccncc1C(O)Cc1cc(Cl)cc2c1OCC2. The van der Waals surface area contributed by atoms with Gasteiger partial charge >= 0.3 is 0 Å². The molecule has 0 bridgehead atoms. The summed E-state index contributed by atoms with van der Waals surface area (Å²) in [6, 6.07) is 5.72. The number of aliphatic hydroxyl groups excluding tert-OH is 1. The Morgan fingerprint density at radius 3 is 3.10 bits per heavy atom. The van der Waals surface area contributed by atoms with Gasteiger partial charge < -0.3 is 9.84 Å². The third kappa shape index (κ3) is 2.51. The summed E-state index contributed by atoms with van der Waals surface area (Å²) in [5, 5.41) is 11.1. The number of aromatic nitrogens is 1. The molecule has 2 aromatic rings. The lowest BCUT2D eigenvalue weighted by molar-refractivity contribution is 0.176. The molecule has 1 aromatic carbocycles. The summed E-state index contributed by atoms with van der Waals surface area (Å²) < 4.78 is 5.67. The first-order valence-corrected chi connectivity index (χ1v) is 7.05. The predicted octanol–water partition coefficient (Wildman–Crippen LogP) is 3.25. The van der Waals surface area contributed by atoms with Crippen LogP contribution in [0.2, 0.25) is 5.02 Å². The lowest BCUT2D eigenvalue weighted by Crippen LogP contribution is -2.05. The summed E-state index contributed by atoms with van der Waals surface area (Å²) in [7, 11) is 0. The molecule has 1 atom stereocenters. The van der Waals surface area contributed by atoms with Gasteiger partial charge in [0.25, 0.3) is 0 Å². The van der Waals surface area contributed by atoms with Gasteiger partial charge in [-0.15, -0.1) is 0 Å². The van der Waals surface area contributed by atoms with E-state index in [1.54, 1.807) is 12.4 Å². The van der Waals surface area contributed by atoms with E-state index in [-0.39, 0.29) is 0 Å². The zero-order chi connectivity index (χ0) is 14.1. The van der Waals surface area contributed by atoms with Gasteiger partial charge in [0, 0.05) is 35.8 Å². The molecule has 0 amide bonds. The normalized spacial score (nSPS) is 14.8. The van der Waals surface area contributed by atoms with Gasteiger partial charge in [-0.25, -0.2) is 0 Å². The highest BCUT2D eigenvalue weighted by Gasteiger charge is 2.20. The molecule has 1 N–H and O–H groups in total. The van der Waals surface area contributed by atoms with Crippen molar-refractivity contribution in [3.05, 3.63) is 57.9 Å². The third-order valence-electron chi connectivity index (χ3n) is 3.68. The van der Waals surface area contributed by atoms with Gasteiger partial charge in [0.15, 0.2) is 0 Å². The molecule has 1 aromatic heterocycles. The van der Waals surface area contributed by atoms with Crippen LogP contribution in [0.15, 0.2) is 30.6 Å². The Labute approximate surface area is 123 Å². The Balaban J connectivity index is 1.90. The number of ether oxygens (including phenoxy) is 1. The van der Waals surface area contributed by atoms with Gasteiger partial charge in [-0.1, -0.05) is 11.6 Å². The molecule has 3 nitrogen and oxygen atoms in total. The number of hydrogen-bond donors (Lipinski definition) is 1.